The van der Waals surface area contributed by atoms with Crippen LogP contribution in [0.15, 0.2) is 36.9 Å². The first-order valence-electron chi connectivity index (χ1n) is 17.6. The summed E-state index contributed by atoms with van der Waals surface area (Å²) in [7, 11) is 5.33. The third-order valence-electron chi connectivity index (χ3n) is 10.5. The third-order valence-corrected chi connectivity index (χ3v) is 10.5. The Balaban J connectivity index is 2.01. The highest BCUT2D eigenvalue weighted by molar-refractivity contribution is 5.92. The fourth-order valence-electron chi connectivity index (χ4n) is 7.16. The first kappa shape index (κ1) is 38.7. The van der Waals surface area contributed by atoms with Gasteiger partial charge in [-0.3, -0.25) is 24.2 Å². The van der Waals surface area contributed by atoms with Crippen LogP contribution in [0.1, 0.15) is 97.9 Å². The van der Waals surface area contributed by atoms with Crippen LogP contribution in [0.5, 0.6) is 0 Å². The van der Waals surface area contributed by atoms with Gasteiger partial charge in [-0.1, -0.05) is 19.9 Å². The molecule has 0 aromatic carbocycles. The van der Waals surface area contributed by atoms with Gasteiger partial charge in [-0.2, -0.15) is 0 Å². The lowest BCUT2D eigenvalue weighted by Gasteiger charge is -2.26. The number of hydrogen-bond acceptors (Lipinski definition) is 10. The number of carbonyl (C=O) groups is 4. The minimum Gasteiger partial charge on any atom is -0.469 e. The summed E-state index contributed by atoms with van der Waals surface area (Å²) in [5.41, 5.74) is 9.95. The molecule has 0 fully saturated rings. The molecule has 0 amide bonds. The molecule has 2 N–H and O–H groups in total. The van der Waals surface area contributed by atoms with Crippen molar-refractivity contribution in [3.8, 4) is 0 Å². The average molecular weight is 725 g/mol. The van der Waals surface area contributed by atoms with E-state index in [0.29, 0.717) is 50.7 Å². The van der Waals surface area contributed by atoms with Gasteiger partial charge in [-0.05, 0) is 90.8 Å². The van der Waals surface area contributed by atoms with E-state index in [0.717, 1.165) is 33.9 Å². The molecule has 280 valence electrons. The summed E-state index contributed by atoms with van der Waals surface area (Å²) in [6.07, 6.45) is 3.05. The van der Waals surface area contributed by atoms with E-state index < -0.39 is 29.3 Å². The Kier molecular flexibility index (Phi) is 11.7. The number of hydrogen-bond donors (Lipinski definition) is 2. The zero-order chi connectivity index (χ0) is 38.6. The Morgan fingerprint density at radius 3 is 1.60 bits per heavy atom. The van der Waals surface area contributed by atoms with E-state index >= 15 is 0 Å². The molecular weight excluding hydrogens is 676 g/mol. The standard InChI is InChI=1S/C41H48N4O8/c1-10-11-28-35-19-30-23(3)22(2)29(42-30)18-33-26(16-39(48)52-8)24(12-14-37(46)50-6)31(43-33)20-32-25(13-15-38(47)51-7)27(17-40(49)53-9)34(44-32)21-36(45-35)41(28,4)5/h10,18-21,28,43-44H,1,11-17H2,2-9H3. The second kappa shape index (κ2) is 16.0. The number of aromatic amines is 2. The molecule has 0 saturated carbocycles. The van der Waals surface area contributed by atoms with E-state index in [2.05, 4.69) is 30.4 Å². The molecule has 3 aromatic rings. The van der Waals surface area contributed by atoms with Gasteiger partial charge in [0.15, 0.2) is 0 Å². The minimum atomic E-state index is -0.453. The number of H-pyrrole nitrogens is 2. The molecule has 2 aliphatic heterocycles. The van der Waals surface area contributed by atoms with Crippen LogP contribution in [-0.4, -0.2) is 72.3 Å². The van der Waals surface area contributed by atoms with Crippen LogP contribution in [-0.2, 0) is 69.2 Å². The van der Waals surface area contributed by atoms with Crippen LogP contribution in [0, 0.1) is 0 Å². The van der Waals surface area contributed by atoms with E-state index in [1.54, 1.807) is 0 Å². The quantitative estimate of drug-likeness (QED) is 0.119. The molecule has 3 aromatic heterocycles. The maximum absolute atomic E-state index is 13.0. The Bertz CT molecular complexity index is 2170. The fraction of sp³-hybridized carbons (Fsp3) is 0.415. The molecular formula is C41H48N4O8. The zero-order valence-electron chi connectivity index (χ0n) is 31.8. The normalized spacial score (nSPS) is 14.8. The van der Waals surface area contributed by atoms with Crippen molar-refractivity contribution in [1.82, 2.24) is 19.9 Å². The van der Waals surface area contributed by atoms with Crippen LogP contribution in [0.3, 0.4) is 0 Å². The van der Waals surface area contributed by atoms with Gasteiger partial charge in [-0.15, -0.1) is 6.58 Å². The predicted octanol–water partition coefficient (Wildman–Crippen LogP) is 6.55. The summed E-state index contributed by atoms with van der Waals surface area (Å²) in [4.78, 5) is 68.1. The summed E-state index contributed by atoms with van der Waals surface area (Å²) in [6, 6.07) is 7.80. The van der Waals surface area contributed by atoms with Gasteiger partial charge in [0, 0.05) is 57.6 Å². The molecule has 8 bridgehead atoms. The van der Waals surface area contributed by atoms with Crippen molar-refractivity contribution in [3.63, 3.8) is 0 Å². The number of aromatic nitrogens is 4. The number of nitrogens with one attached hydrogen (secondary N) is 2. The molecule has 5 rings (SSSR count). The second-order valence-electron chi connectivity index (χ2n) is 13.9. The topological polar surface area (TPSA) is 163 Å². The predicted molar refractivity (Wildman–Crippen MR) is 202 cm³/mol. The zero-order valence-corrected chi connectivity index (χ0v) is 31.8. The van der Waals surface area contributed by atoms with E-state index in [-0.39, 0.29) is 44.4 Å². The molecule has 2 aliphatic rings. The molecule has 5 heterocycles. The highest BCUT2D eigenvalue weighted by Crippen LogP contribution is 2.45. The monoisotopic (exact) mass is 724 g/mol. The Morgan fingerprint density at radius 2 is 1.13 bits per heavy atom. The largest absolute Gasteiger partial charge is 0.469 e. The lowest BCUT2D eigenvalue weighted by Crippen LogP contribution is -2.21. The summed E-state index contributed by atoms with van der Waals surface area (Å²) in [5.74, 6) is -1.73. The van der Waals surface area contributed by atoms with Gasteiger partial charge >= 0.3 is 23.9 Å². The van der Waals surface area contributed by atoms with Crippen molar-refractivity contribution < 1.29 is 38.1 Å². The van der Waals surface area contributed by atoms with Crippen LogP contribution in [0.2, 0.25) is 0 Å². The van der Waals surface area contributed by atoms with E-state index in [1.807, 2.05) is 44.2 Å². The second-order valence-corrected chi connectivity index (χ2v) is 13.9. The SMILES string of the molecule is C=CCC1c2cc3nc(cc4[nH]c(cc5[nH]c(cc(n2)C1(C)C)c(CC(=O)OC)c5CCC(=O)OC)c(CCC(=O)OC)c4CC(=O)OC)C(C)=C3C. The van der Waals surface area contributed by atoms with Gasteiger partial charge in [-0.25, -0.2) is 4.98 Å². The number of allylic oxidation sites excluding steroid dienone is 3. The minimum absolute atomic E-state index is 0.0100. The number of nitrogens with zero attached hydrogens (tertiary/aromatic N) is 2. The van der Waals surface area contributed by atoms with Gasteiger partial charge in [0.25, 0.3) is 0 Å². The lowest BCUT2D eigenvalue weighted by atomic mass is 9.75. The Labute approximate surface area is 309 Å². The number of aryl methyl sites for hydroxylation is 2. The van der Waals surface area contributed by atoms with Crippen molar-refractivity contribution >= 4 is 57.1 Å². The van der Waals surface area contributed by atoms with E-state index in [1.165, 1.54) is 28.4 Å². The van der Waals surface area contributed by atoms with Crippen LogP contribution in [0.25, 0.3) is 33.2 Å². The smallest absolute Gasteiger partial charge is 0.310 e. The van der Waals surface area contributed by atoms with Crippen molar-refractivity contribution in [1.29, 1.82) is 0 Å². The number of methoxy groups -OCH3 is 4. The van der Waals surface area contributed by atoms with Gasteiger partial charge in [0.1, 0.15) is 0 Å². The molecule has 1 atom stereocenters. The molecule has 1 unspecified atom stereocenters. The maximum Gasteiger partial charge on any atom is 0.310 e. The van der Waals surface area contributed by atoms with E-state index in [4.69, 9.17) is 28.9 Å². The molecule has 0 saturated heterocycles. The van der Waals surface area contributed by atoms with Gasteiger partial charge in [0.05, 0.1) is 52.7 Å². The molecule has 0 spiro atoms. The number of rotatable bonds is 12. The van der Waals surface area contributed by atoms with Crippen molar-refractivity contribution in [3.05, 3.63) is 81.9 Å². The van der Waals surface area contributed by atoms with Crippen LogP contribution < -0.4 is 0 Å². The summed E-state index contributed by atoms with van der Waals surface area (Å²) in [6.45, 7) is 12.4. The maximum atomic E-state index is 13.0. The van der Waals surface area contributed by atoms with E-state index in [9.17, 15) is 19.2 Å². The first-order valence-corrected chi connectivity index (χ1v) is 17.6. The number of fused-ring (bicyclic) bond motifs is 8. The molecule has 0 aliphatic carbocycles. The number of carbonyl (C=O) groups excluding carboxylic acids is 4. The molecule has 12 nitrogen and oxygen atoms in total. The van der Waals surface area contributed by atoms with Crippen molar-refractivity contribution in [2.24, 2.45) is 0 Å². The number of esters is 4. The summed E-state index contributed by atoms with van der Waals surface area (Å²) >= 11 is 0. The summed E-state index contributed by atoms with van der Waals surface area (Å²) in [5, 5.41) is 0. The Morgan fingerprint density at radius 1 is 0.679 bits per heavy atom. The first-order chi connectivity index (χ1) is 25.2. The van der Waals surface area contributed by atoms with Gasteiger partial charge < -0.3 is 28.9 Å². The molecule has 12 heteroatoms. The average Bonchev–Trinajstić information content (AvgIpc) is 3.78. The highest BCUT2D eigenvalue weighted by Gasteiger charge is 2.39. The lowest BCUT2D eigenvalue weighted by molar-refractivity contribution is -0.141. The third kappa shape index (κ3) is 7.96. The van der Waals surface area contributed by atoms with Crippen molar-refractivity contribution in [2.75, 3.05) is 28.4 Å². The fourth-order valence-corrected chi connectivity index (χ4v) is 7.16. The van der Waals surface area contributed by atoms with Gasteiger partial charge in [0.2, 0.25) is 0 Å². The molecule has 0 radical (unpaired) electrons. The molecule has 53 heavy (non-hydrogen) atoms. The highest BCUT2D eigenvalue weighted by atomic mass is 16.5. The summed E-state index contributed by atoms with van der Waals surface area (Å²) < 4.78 is 20.2. The van der Waals surface area contributed by atoms with Crippen LogP contribution >= 0.6 is 0 Å². The van der Waals surface area contributed by atoms with Crippen LogP contribution in [0.4, 0.5) is 0 Å². The number of ether oxygens (including phenoxy) is 4. The Hall–Kier alpha value is -5.52. The van der Waals surface area contributed by atoms with Crippen molar-refractivity contribution in [2.45, 2.75) is 84.0 Å².